The number of nitrogens with zero attached hydrogens (tertiary/aromatic N) is 1. The number of hydrogen-bond donors (Lipinski definition) is 3. The van der Waals surface area contributed by atoms with E-state index < -0.39 is 18.0 Å². The molecule has 0 saturated carbocycles. The van der Waals surface area contributed by atoms with Crippen molar-refractivity contribution in [3.63, 3.8) is 0 Å². The number of alkyl carbamates (subject to hydrolysis) is 1. The number of carbonyl (C=O) groups excluding carboxylic acids is 2. The Labute approximate surface area is 144 Å². The Balaban J connectivity index is 1.63. The minimum absolute atomic E-state index is 0.0902. The van der Waals surface area contributed by atoms with E-state index in [0.29, 0.717) is 0 Å². The molecular weight excluding hydrogens is 320 g/mol. The van der Waals surface area contributed by atoms with Crippen LogP contribution in [0.5, 0.6) is 0 Å². The molecule has 1 unspecified atom stereocenters. The molecule has 3 rings (SSSR count). The van der Waals surface area contributed by atoms with Crippen LogP contribution in [0.2, 0.25) is 0 Å². The van der Waals surface area contributed by atoms with Crippen LogP contribution in [-0.4, -0.2) is 28.0 Å². The van der Waals surface area contributed by atoms with Gasteiger partial charge in [0.05, 0.1) is 0 Å². The molecule has 1 atom stereocenters. The van der Waals surface area contributed by atoms with Gasteiger partial charge >= 0.3 is 6.09 Å². The predicted molar refractivity (Wildman–Crippen MR) is 92.5 cm³/mol. The van der Waals surface area contributed by atoms with Gasteiger partial charge in [0.1, 0.15) is 12.6 Å². The molecule has 7 heteroatoms. The summed E-state index contributed by atoms with van der Waals surface area (Å²) in [5.41, 5.74) is 8.08. The quantitative estimate of drug-likeness (QED) is 0.637. The highest BCUT2D eigenvalue weighted by Gasteiger charge is 2.21. The first-order valence-electron chi connectivity index (χ1n) is 7.80. The lowest BCUT2D eigenvalue weighted by Crippen LogP contribution is -2.46. The molecule has 0 radical (unpaired) electrons. The highest BCUT2D eigenvalue weighted by Crippen LogP contribution is 2.19. The summed E-state index contributed by atoms with van der Waals surface area (Å²) in [7, 11) is 0. The largest absolute Gasteiger partial charge is 0.445 e. The van der Waals surface area contributed by atoms with Gasteiger partial charge in [0.25, 0.3) is 0 Å². The molecule has 1 aromatic carbocycles. The Morgan fingerprint density at radius 2 is 1.96 bits per heavy atom. The lowest BCUT2D eigenvalue weighted by atomic mass is 10.0. The first-order valence-corrected chi connectivity index (χ1v) is 7.80. The van der Waals surface area contributed by atoms with E-state index in [4.69, 9.17) is 10.5 Å². The number of aromatic nitrogens is 2. The summed E-state index contributed by atoms with van der Waals surface area (Å²) in [6, 6.07) is 10.3. The maximum Gasteiger partial charge on any atom is 0.408 e. The number of rotatable bonds is 6. The number of aromatic amines is 1. The van der Waals surface area contributed by atoms with Crippen molar-refractivity contribution in [2.45, 2.75) is 19.1 Å². The Morgan fingerprint density at radius 3 is 2.72 bits per heavy atom. The fraction of sp³-hybridized carbons (Fsp3) is 0.167. The van der Waals surface area contributed by atoms with E-state index in [1.54, 1.807) is 24.5 Å². The Kier molecular flexibility index (Phi) is 4.94. The van der Waals surface area contributed by atoms with Gasteiger partial charge in [-0.3, -0.25) is 9.78 Å². The average Bonchev–Trinajstić information content (AvgIpc) is 3.03. The Morgan fingerprint density at radius 1 is 1.20 bits per heavy atom. The standard InChI is InChI=1S/C18H18N4O3/c19-17(23)16(9-13-10-21-15-4-2-1-3-14(13)15)22-18(24)25-11-12-5-7-20-8-6-12/h1-8,10,16,21H,9,11H2,(H2,19,23)(H,22,24). The number of nitrogens with two attached hydrogens (primary N) is 1. The lowest BCUT2D eigenvalue weighted by Gasteiger charge is -2.15. The van der Waals surface area contributed by atoms with Crippen LogP contribution in [0.3, 0.4) is 0 Å². The van der Waals surface area contributed by atoms with Crippen molar-refractivity contribution in [2.75, 3.05) is 0 Å². The van der Waals surface area contributed by atoms with Gasteiger partial charge in [-0.15, -0.1) is 0 Å². The molecule has 2 amide bonds. The van der Waals surface area contributed by atoms with Gasteiger partial charge in [0, 0.05) is 35.9 Å². The molecule has 4 N–H and O–H groups in total. The topological polar surface area (TPSA) is 110 Å². The summed E-state index contributed by atoms with van der Waals surface area (Å²) in [5.74, 6) is -0.619. The smallest absolute Gasteiger partial charge is 0.408 e. The van der Waals surface area contributed by atoms with E-state index in [1.165, 1.54) is 0 Å². The molecule has 2 aromatic heterocycles. The summed E-state index contributed by atoms with van der Waals surface area (Å²) in [4.78, 5) is 30.7. The highest BCUT2D eigenvalue weighted by atomic mass is 16.5. The van der Waals surface area contributed by atoms with E-state index in [-0.39, 0.29) is 13.0 Å². The zero-order chi connectivity index (χ0) is 17.6. The molecule has 2 heterocycles. The van der Waals surface area contributed by atoms with Crippen LogP contribution in [0.25, 0.3) is 10.9 Å². The van der Waals surface area contributed by atoms with Crippen molar-refractivity contribution >= 4 is 22.9 Å². The van der Waals surface area contributed by atoms with Crippen LogP contribution in [-0.2, 0) is 22.6 Å². The molecule has 7 nitrogen and oxygen atoms in total. The number of carbonyl (C=O) groups is 2. The zero-order valence-corrected chi connectivity index (χ0v) is 13.4. The van der Waals surface area contributed by atoms with Crippen molar-refractivity contribution in [1.29, 1.82) is 0 Å². The second-order valence-corrected chi connectivity index (χ2v) is 5.59. The fourth-order valence-electron chi connectivity index (χ4n) is 2.55. The maximum atomic E-state index is 12.0. The van der Waals surface area contributed by atoms with Crippen LogP contribution in [0.1, 0.15) is 11.1 Å². The third-order valence-corrected chi connectivity index (χ3v) is 3.85. The molecule has 0 fully saturated rings. The van der Waals surface area contributed by atoms with Gasteiger partial charge in [-0.05, 0) is 29.3 Å². The van der Waals surface area contributed by atoms with Gasteiger partial charge in [0.15, 0.2) is 0 Å². The fourth-order valence-corrected chi connectivity index (χ4v) is 2.55. The second-order valence-electron chi connectivity index (χ2n) is 5.59. The van der Waals surface area contributed by atoms with Crippen molar-refractivity contribution in [2.24, 2.45) is 5.73 Å². The van der Waals surface area contributed by atoms with Gasteiger partial charge in [-0.25, -0.2) is 4.79 Å². The number of amides is 2. The number of primary amides is 1. The van der Waals surface area contributed by atoms with Gasteiger partial charge in [0.2, 0.25) is 5.91 Å². The third kappa shape index (κ3) is 4.14. The van der Waals surface area contributed by atoms with Crippen LogP contribution in [0, 0.1) is 0 Å². The molecule has 128 valence electrons. The first kappa shape index (κ1) is 16.5. The average molecular weight is 338 g/mol. The van der Waals surface area contributed by atoms with E-state index in [1.807, 2.05) is 30.5 Å². The summed E-state index contributed by atoms with van der Waals surface area (Å²) in [6.45, 7) is 0.0902. The summed E-state index contributed by atoms with van der Waals surface area (Å²) < 4.78 is 5.12. The summed E-state index contributed by atoms with van der Waals surface area (Å²) in [6.07, 6.45) is 4.62. The SMILES string of the molecule is NC(=O)C(Cc1c[nH]c2ccccc12)NC(=O)OCc1ccncc1. The summed E-state index contributed by atoms with van der Waals surface area (Å²) in [5, 5.41) is 3.51. The van der Waals surface area contributed by atoms with E-state index in [9.17, 15) is 9.59 Å². The van der Waals surface area contributed by atoms with Crippen LogP contribution in [0.15, 0.2) is 55.0 Å². The van der Waals surface area contributed by atoms with Gasteiger partial charge in [-0.2, -0.15) is 0 Å². The highest BCUT2D eigenvalue weighted by molar-refractivity contribution is 5.87. The molecular formula is C18H18N4O3. The molecule has 0 aliphatic rings. The van der Waals surface area contributed by atoms with Crippen molar-refractivity contribution in [3.8, 4) is 0 Å². The van der Waals surface area contributed by atoms with Crippen LogP contribution in [0.4, 0.5) is 4.79 Å². The zero-order valence-electron chi connectivity index (χ0n) is 13.4. The molecule has 3 aromatic rings. The number of ether oxygens (including phenoxy) is 1. The Bertz CT molecular complexity index is 876. The molecule has 0 saturated heterocycles. The van der Waals surface area contributed by atoms with Crippen LogP contribution >= 0.6 is 0 Å². The van der Waals surface area contributed by atoms with Crippen LogP contribution < -0.4 is 11.1 Å². The monoisotopic (exact) mass is 338 g/mol. The number of pyridine rings is 1. The maximum absolute atomic E-state index is 12.0. The molecule has 25 heavy (non-hydrogen) atoms. The molecule has 0 bridgehead atoms. The van der Waals surface area contributed by atoms with Crippen molar-refractivity contribution in [3.05, 3.63) is 66.1 Å². The molecule has 0 aliphatic heterocycles. The minimum atomic E-state index is -0.857. The summed E-state index contributed by atoms with van der Waals surface area (Å²) >= 11 is 0. The normalized spacial score (nSPS) is 11.8. The lowest BCUT2D eigenvalue weighted by molar-refractivity contribution is -0.119. The number of fused-ring (bicyclic) bond motifs is 1. The van der Waals surface area contributed by atoms with Crippen molar-refractivity contribution in [1.82, 2.24) is 15.3 Å². The van der Waals surface area contributed by atoms with Crippen molar-refractivity contribution < 1.29 is 14.3 Å². The number of hydrogen-bond acceptors (Lipinski definition) is 4. The van der Waals surface area contributed by atoms with Gasteiger partial charge in [-0.1, -0.05) is 18.2 Å². The number of nitrogens with one attached hydrogen (secondary N) is 2. The van der Waals surface area contributed by atoms with E-state index >= 15 is 0 Å². The van der Waals surface area contributed by atoms with E-state index in [0.717, 1.165) is 22.0 Å². The number of H-pyrrole nitrogens is 1. The Hall–Kier alpha value is -3.35. The second kappa shape index (κ2) is 7.48. The predicted octanol–water partition coefficient (Wildman–Crippen LogP) is 1.89. The third-order valence-electron chi connectivity index (χ3n) is 3.85. The first-order chi connectivity index (χ1) is 12.1. The molecule has 0 aliphatic carbocycles. The minimum Gasteiger partial charge on any atom is -0.445 e. The number of para-hydroxylation sites is 1. The van der Waals surface area contributed by atoms with E-state index in [2.05, 4.69) is 15.3 Å². The molecule has 0 spiro atoms. The van der Waals surface area contributed by atoms with Gasteiger partial charge < -0.3 is 20.8 Å². The number of benzene rings is 1.